The zero-order valence-electron chi connectivity index (χ0n) is 61.3. The average molecular weight is 1400 g/mol. The van der Waals surface area contributed by atoms with Gasteiger partial charge in [-0.05, 0) is 103 Å². The molecule has 0 saturated carbocycles. The van der Waals surface area contributed by atoms with Gasteiger partial charge in [0.15, 0.2) is 12.2 Å². The number of phosphoric acid groups is 2. The smallest absolute Gasteiger partial charge is 0.462 e. The van der Waals surface area contributed by atoms with E-state index in [4.69, 9.17) is 37.0 Å². The summed E-state index contributed by atoms with van der Waals surface area (Å²) in [7, 11) is -9.94. The van der Waals surface area contributed by atoms with Crippen molar-refractivity contribution < 1.29 is 80.2 Å². The van der Waals surface area contributed by atoms with Crippen LogP contribution in [-0.2, 0) is 65.4 Å². The molecule has 0 aromatic heterocycles. The molecule has 0 spiro atoms. The number of phosphoric ester groups is 2. The maximum atomic E-state index is 13.1. The van der Waals surface area contributed by atoms with Crippen molar-refractivity contribution in [3.8, 4) is 0 Å². The highest BCUT2D eigenvalue weighted by Gasteiger charge is 2.30. The Balaban J connectivity index is 5.32. The zero-order chi connectivity index (χ0) is 70.4. The van der Waals surface area contributed by atoms with Crippen molar-refractivity contribution in [1.82, 2.24) is 0 Å². The Morgan fingerprint density at radius 2 is 0.510 bits per heavy atom. The number of carbonyl (C=O) groups is 4. The Morgan fingerprint density at radius 1 is 0.292 bits per heavy atom. The van der Waals surface area contributed by atoms with Crippen molar-refractivity contribution in [2.24, 2.45) is 0 Å². The van der Waals surface area contributed by atoms with Crippen molar-refractivity contribution >= 4 is 39.5 Å². The van der Waals surface area contributed by atoms with Gasteiger partial charge < -0.3 is 33.8 Å². The Bertz CT molecular complexity index is 2010. The van der Waals surface area contributed by atoms with Gasteiger partial charge in [-0.3, -0.25) is 37.3 Å². The van der Waals surface area contributed by atoms with Crippen LogP contribution in [-0.4, -0.2) is 96.7 Å². The molecule has 0 saturated heterocycles. The molecule has 0 aliphatic heterocycles. The standard InChI is InChI=1S/C77H142O17P2/c1-5-9-13-17-21-25-29-33-35-39-41-45-49-53-57-61-74(79)87-67-72(93-76(81)63-59-55-51-47-43-37-31-27-23-19-15-11-7-3)69-91-95(83,84)89-65-71(78)66-90-96(85,86)92-70-73(94-77(82)64-60-56-52-48-44-38-32-28-24-20-16-12-8-4)68-88-75(80)62-58-54-50-46-42-40-36-34-30-26-22-18-14-10-6-2/h25,27,29,31,33-36,71-73,78H,5-24,26,28,30,32,37-70H2,1-4H3,(H,83,84)(H,85,86)/b29-25-,31-27-,35-33-,36-34-/t71-,72+,73+/m0/s1. The number of carbonyl (C=O) groups excluding carboxylic acids is 4. The molecule has 0 aromatic carbocycles. The van der Waals surface area contributed by atoms with Gasteiger partial charge in [-0.2, -0.15) is 0 Å². The summed E-state index contributed by atoms with van der Waals surface area (Å²) in [6.07, 6.45) is 66.6. The van der Waals surface area contributed by atoms with Gasteiger partial charge >= 0.3 is 39.5 Å². The van der Waals surface area contributed by atoms with Crippen LogP contribution in [0, 0.1) is 0 Å². The van der Waals surface area contributed by atoms with Gasteiger partial charge in [0.2, 0.25) is 0 Å². The molecule has 96 heavy (non-hydrogen) atoms. The lowest BCUT2D eigenvalue weighted by Gasteiger charge is -2.21. The van der Waals surface area contributed by atoms with E-state index in [-0.39, 0.29) is 25.7 Å². The van der Waals surface area contributed by atoms with Gasteiger partial charge in [0.05, 0.1) is 26.4 Å². The Hall–Kier alpha value is -2.98. The van der Waals surface area contributed by atoms with Crippen LogP contribution in [0.4, 0.5) is 0 Å². The maximum Gasteiger partial charge on any atom is 0.472 e. The van der Waals surface area contributed by atoms with Gasteiger partial charge in [-0.15, -0.1) is 0 Å². The Morgan fingerprint density at radius 3 is 0.792 bits per heavy atom. The van der Waals surface area contributed by atoms with Gasteiger partial charge in [0.25, 0.3) is 0 Å². The highest BCUT2D eigenvalue weighted by Crippen LogP contribution is 2.45. The predicted molar refractivity (Wildman–Crippen MR) is 390 cm³/mol. The number of hydrogen-bond donors (Lipinski definition) is 3. The molecule has 0 bridgehead atoms. The summed E-state index contributed by atoms with van der Waals surface area (Å²) in [4.78, 5) is 72.8. The van der Waals surface area contributed by atoms with E-state index in [0.29, 0.717) is 25.7 Å². The molecule has 0 amide bonds. The van der Waals surface area contributed by atoms with Gasteiger partial charge in [0.1, 0.15) is 19.3 Å². The first-order chi connectivity index (χ1) is 46.7. The Kier molecular flexibility index (Phi) is 68.3. The van der Waals surface area contributed by atoms with Crippen molar-refractivity contribution in [1.29, 1.82) is 0 Å². The molecular weight excluding hydrogens is 1260 g/mol. The summed E-state index contributed by atoms with van der Waals surface area (Å²) in [5.41, 5.74) is 0. The molecule has 0 fully saturated rings. The molecule has 0 radical (unpaired) electrons. The number of aliphatic hydroxyl groups excluding tert-OH is 1. The van der Waals surface area contributed by atoms with Gasteiger partial charge in [-0.25, -0.2) is 9.13 Å². The lowest BCUT2D eigenvalue weighted by atomic mass is 10.0. The molecule has 0 rings (SSSR count). The van der Waals surface area contributed by atoms with Crippen LogP contribution in [0.1, 0.15) is 362 Å². The van der Waals surface area contributed by atoms with Crippen LogP contribution in [0.15, 0.2) is 48.6 Å². The summed E-state index contributed by atoms with van der Waals surface area (Å²) in [5.74, 6) is -2.18. The maximum absolute atomic E-state index is 13.1. The van der Waals surface area contributed by atoms with E-state index in [2.05, 4.69) is 76.3 Å². The van der Waals surface area contributed by atoms with E-state index in [0.717, 1.165) is 141 Å². The van der Waals surface area contributed by atoms with E-state index in [9.17, 15) is 43.2 Å². The van der Waals surface area contributed by atoms with Crippen LogP contribution in [0.3, 0.4) is 0 Å². The lowest BCUT2D eigenvalue weighted by Crippen LogP contribution is -2.30. The molecule has 0 aromatic rings. The second kappa shape index (κ2) is 70.5. The fourth-order valence-electron chi connectivity index (χ4n) is 10.8. The second-order valence-electron chi connectivity index (χ2n) is 26.3. The molecule has 3 N–H and O–H groups in total. The number of aliphatic hydroxyl groups is 1. The highest BCUT2D eigenvalue weighted by atomic mass is 31.2. The molecule has 17 nitrogen and oxygen atoms in total. The topological polar surface area (TPSA) is 237 Å². The van der Waals surface area contributed by atoms with E-state index >= 15 is 0 Å². The van der Waals surface area contributed by atoms with E-state index < -0.39 is 97.5 Å². The normalized spacial score (nSPS) is 14.2. The van der Waals surface area contributed by atoms with Gasteiger partial charge in [-0.1, -0.05) is 282 Å². The second-order valence-corrected chi connectivity index (χ2v) is 29.2. The van der Waals surface area contributed by atoms with E-state index in [1.54, 1.807) is 0 Å². The molecule has 562 valence electrons. The third-order valence-corrected chi connectivity index (χ3v) is 18.7. The minimum Gasteiger partial charge on any atom is -0.462 e. The first-order valence-corrected chi connectivity index (χ1v) is 41.9. The number of esters is 4. The van der Waals surface area contributed by atoms with E-state index in [1.807, 2.05) is 0 Å². The zero-order valence-corrected chi connectivity index (χ0v) is 63.1. The highest BCUT2D eigenvalue weighted by molar-refractivity contribution is 7.47. The summed E-state index contributed by atoms with van der Waals surface area (Å²) in [5, 5.41) is 10.6. The lowest BCUT2D eigenvalue weighted by molar-refractivity contribution is -0.161. The minimum atomic E-state index is -4.97. The van der Waals surface area contributed by atoms with Crippen LogP contribution < -0.4 is 0 Å². The van der Waals surface area contributed by atoms with Crippen molar-refractivity contribution in [2.45, 2.75) is 380 Å². The summed E-state index contributed by atoms with van der Waals surface area (Å²) in [6.45, 7) is 4.86. The summed E-state index contributed by atoms with van der Waals surface area (Å²) in [6, 6.07) is 0. The molecular formula is C77H142O17P2. The average Bonchev–Trinajstić information content (AvgIpc) is 1.14. The summed E-state index contributed by atoms with van der Waals surface area (Å²) >= 11 is 0. The largest absolute Gasteiger partial charge is 0.472 e. The van der Waals surface area contributed by atoms with Crippen molar-refractivity contribution in [3.63, 3.8) is 0 Å². The fraction of sp³-hybridized carbons (Fsp3) is 0.844. The molecule has 0 heterocycles. The molecule has 19 heteroatoms. The third-order valence-electron chi connectivity index (χ3n) is 16.8. The first-order valence-electron chi connectivity index (χ1n) is 38.9. The monoisotopic (exact) mass is 1400 g/mol. The van der Waals surface area contributed by atoms with Crippen molar-refractivity contribution in [2.75, 3.05) is 39.6 Å². The van der Waals surface area contributed by atoms with E-state index in [1.165, 1.54) is 141 Å². The SMILES string of the molecule is CCCCCC/C=C\C=C/CCCCCCCC(=O)OC[C@H](COP(=O)(O)OC[C@H](O)COP(=O)(O)OC[C@@H](COC(=O)CCCCCCC/C=C\CCCCCCCC)OC(=O)CCCCCCCCCCCCCCC)OC(=O)CCCCCCC/C=C\CCCCCC. The van der Waals surface area contributed by atoms with Crippen molar-refractivity contribution in [3.05, 3.63) is 48.6 Å². The first kappa shape index (κ1) is 93.0. The fourth-order valence-corrected chi connectivity index (χ4v) is 12.4. The molecule has 5 atom stereocenters. The number of hydrogen-bond acceptors (Lipinski definition) is 15. The predicted octanol–water partition coefficient (Wildman–Crippen LogP) is 22.1. The van der Waals surface area contributed by atoms with Crippen LogP contribution >= 0.6 is 15.6 Å². The quantitative estimate of drug-likeness (QED) is 0.0128. The number of unbranched alkanes of at least 4 members (excludes halogenated alkanes) is 41. The van der Waals surface area contributed by atoms with Crippen LogP contribution in [0.5, 0.6) is 0 Å². The number of allylic oxidation sites excluding steroid dienone is 8. The minimum absolute atomic E-state index is 0.0860. The molecule has 2 unspecified atom stereocenters. The summed E-state index contributed by atoms with van der Waals surface area (Å²) < 4.78 is 68.5. The number of ether oxygens (including phenoxy) is 4. The van der Waals surface area contributed by atoms with Gasteiger partial charge in [0, 0.05) is 25.7 Å². The van der Waals surface area contributed by atoms with Crippen LogP contribution in [0.2, 0.25) is 0 Å². The molecule has 0 aliphatic rings. The molecule has 0 aliphatic carbocycles. The Labute approximate surface area is 585 Å². The number of rotatable bonds is 74. The van der Waals surface area contributed by atoms with Crippen LogP contribution in [0.25, 0.3) is 0 Å². The third kappa shape index (κ3) is 69.5.